The second-order valence-corrected chi connectivity index (χ2v) is 6.82. The van der Waals surface area contributed by atoms with E-state index in [1.807, 2.05) is 0 Å². The topological polar surface area (TPSA) is 15.3 Å². The molecule has 2 rings (SSSR count). The predicted octanol–water partition coefficient (Wildman–Crippen LogP) is 4.02. The van der Waals surface area contributed by atoms with Crippen LogP contribution in [0.1, 0.15) is 57.7 Å². The van der Waals surface area contributed by atoms with E-state index >= 15 is 0 Å². The SMILES string of the molecule is CCc1ccc(C(NC)C(C)N2CCC(C)CC2C)cc1. The van der Waals surface area contributed by atoms with Crippen LogP contribution in [-0.2, 0) is 6.42 Å². The zero-order chi connectivity index (χ0) is 15.4. The monoisotopic (exact) mass is 288 g/mol. The Morgan fingerprint density at radius 3 is 2.43 bits per heavy atom. The van der Waals surface area contributed by atoms with Crippen molar-refractivity contribution in [2.24, 2.45) is 5.92 Å². The molecule has 0 radical (unpaired) electrons. The summed E-state index contributed by atoms with van der Waals surface area (Å²) in [7, 11) is 2.09. The van der Waals surface area contributed by atoms with Crippen molar-refractivity contribution in [2.75, 3.05) is 13.6 Å². The lowest BCUT2D eigenvalue weighted by Crippen LogP contribution is -2.50. The summed E-state index contributed by atoms with van der Waals surface area (Å²) in [6, 6.07) is 10.8. The van der Waals surface area contributed by atoms with Crippen LogP contribution in [0.4, 0.5) is 0 Å². The van der Waals surface area contributed by atoms with Gasteiger partial charge in [-0.25, -0.2) is 0 Å². The molecule has 1 aliphatic heterocycles. The Kier molecular flexibility index (Phi) is 5.83. The Balaban J connectivity index is 2.11. The van der Waals surface area contributed by atoms with Crippen molar-refractivity contribution in [3.8, 4) is 0 Å². The number of benzene rings is 1. The molecule has 0 saturated carbocycles. The molecule has 1 aliphatic rings. The van der Waals surface area contributed by atoms with Gasteiger partial charge in [-0.2, -0.15) is 0 Å². The van der Waals surface area contributed by atoms with Crippen LogP contribution < -0.4 is 5.32 Å². The lowest BCUT2D eigenvalue weighted by atomic mass is 9.89. The van der Waals surface area contributed by atoms with Crippen LogP contribution in [0, 0.1) is 5.92 Å². The van der Waals surface area contributed by atoms with Crippen molar-refractivity contribution in [3.63, 3.8) is 0 Å². The molecule has 1 saturated heterocycles. The van der Waals surface area contributed by atoms with Crippen LogP contribution >= 0.6 is 0 Å². The number of likely N-dealkylation sites (N-methyl/N-ethyl adjacent to an activating group) is 1. The third kappa shape index (κ3) is 3.87. The molecule has 21 heavy (non-hydrogen) atoms. The zero-order valence-corrected chi connectivity index (χ0v) is 14.4. The van der Waals surface area contributed by atoms with E-state index in [0.717, 1.165) is 12.3 Å². The van der Waals surface area contributed by atoms with Gasteiger partial charge in [0.15, 0.2) is 0 Å². The minimum Gasteiger partial charge on any atom is -0.312 e. The molecule has 0 amide bonds. The lowest BCUT2D eigenvalue weighted by molar-refractivity contribution is 0.0714. The molecule has 118 valence electrons. The molecule has 2 nitrogen and oxygen atoms in total. The Morgan fingerprint density at radius 1 is 1.24 bits per heavy atom. The molecule has 0 spiro atoms. The third-order valence-electron chi connectivity index (χ3n) is 5.25. The molecule has 1 heterocycles. The summed E-state index contributed by atoms with van der Waals surface area (Å²) in [6.07, 6.45) is 3.77. The quantitative estimate of drug-likeness (QED) is 0.880. The standard InChI is InChI=1S/C19H32N2/c1-6-17-7-9-18(10-8-17)19(20-5)16(4)21-12-11-14(2)13-15(21)3/h7-10,14-16,19-20H,6,11-13H2,1-5H3. The molecule has 4 atom stereocenters. The largest absolute Gasteiger partial charge is 0.312 e. The van der Waals surface area contributed by atoms with E-state index in [2.05, 4.69) is 69.2 Å². The van der Waals surface area contributed by atoms with Crippen LogP contribution in [0.15, 0.2) is 24.3 Å². The van der Waals surface area contributed by atoms with Gasteiger partial charge in [0.2, 0.25) is 0 Å². The summed E-state index contributed by atoms with van der Waals surface area (Å²) in [5.41, 5.74) is 2.83. The fourth-order valence-corrected chi connectivity index (χ4v) is 3.87. The summed E-state index contributed by atoms with van der Waals surface area (Å²) >= 11 is 0. The maximum Gasteiger partial charge on any atom is 0.0473 e. The van der Waals surface area contributed by atoms with E-state index in [0.29, 0.717) is 18.1 Å². The summed E-state index contributed by atoms with van der Waals surface area (Å²) < 4.78 is 0. The van der Waals surface area contributed by atoms with E-state index in [1.54, 1.807) is 0 Å². The van der Waals surface area contributed by atoms with Gasteiger partial charge < -0.3 is 5.32 Å². The van der Waals surface area contributed by atoms with E-state index in [1.165, 1.54) is 30.5 Å². The fraction of sp³-hybridized carbons (Fsp3) is 0.684. The molecule has 4 unspecified atom stereocenters. The van der Waals surface area contributed by atoms with Gasteiger partial charge in [0, 0.05) is 18.1 Å². The maximum atomic E-state index is 3.54. The summed E-state index contributed by atoms with van der Waals surface area (Å²) in [5, 5.41) is 3.54. The van der Waals surface area contributed by atoms with Crippen LogP contribution in [0.5, 0.6) is 0 Å². The van der Waals surface area contributed by atoms with Crippen molar-refractivity contribution in [1.29, 1.82) is 0 Å². The first-order valence-corrected chi connectivity index (χ1v) is 8.58. The average Bonchev–Trinajstić information content (AvgIpc) is 2.48. The summed E-state index contributed by atoms with van der Waals surface area (Å²) in [4.78, 5) is 2.69. The molecule has 1 aromatic carbocycles. The highest BCUT2D eigenvalue weighted by Crippen LogP contribution is 2.29. The predicted molar refractivity (Wildman–Crippen MR) is 91.6 cm³/mol. The van der Waals surface area contributed by atoms with Crippen LogP contribution in [0.3, 0.4) is 0 Å². The molecular formula is C19H32N2. The van der Waals surface area contributed by atoms with Gasteiger partial charge in [-0.1, -0.05) is 38.1 Å². The number of nitrogens with one attached hydrogen (secondary N) is 1. The molecule has 1 N–H and O–H groups in total. The Morgan fingerprint density at radius 2 is 1.90 bits per heavy atom. The van der Waals surface area contributed by atoms with Crippen molar-refractivity contribution < 1.29 is 0 Å². The number of aryl methyl sites for hydroxylation is 1. The van der Waals surface area contributed by atoms with Gasteiger partial charge in [-0.3, -0.25) is 4.90 Å². The van der Waals surface area contributed by atoms with Gasteiger partial charge in [0.1, 0.15) is 0 Å². The van der Waals surface area contributed by atoms with E-state index in [-0.39, 0.29) is 0 Å². The third-order valence-corrected chi connectivity index (χ3v) is 5.25. The first-order valence-electron chi connectivity index (χ1n) is 8.58. The number of likely N-dealkylation sites (tertiary alicyclic amines) is 1. The molecule has 0 bridgehead atoms. The van der Waals surface area contributed by atoms with E-state index in [9.17, 15) is 0 Å². The molecule has 0 aromatic heterocycles. The van der Waals surface area contributed by atoms with Gasteiger partial charge in [-0.05, 0) is 63.7 Å². The molecule has 1 aromatic rings. The van der Waals surface area contributed by atoms with E-state index in [4.69, 9.17) is 0 Å². The normalized spacial score (nSPS) is 26.5. The number of rotatable bonds is 5. The first kappa shape index (κ1) is 16.5. The number of hydrogen-bond acceptors (Lipinski definition) is 2. The lowest BCUT2D eigenvalue weighted by Gasteiger charge is -2.43. The second-order valence-electron chi connectivity index (χ2n) is 6.82. The van der Waals surface area contributed by atoms with Crippen LogP contribution in [-0.4, -0.2) is 30.6 Å². The van der Waals surface area contributed by atoms with Gasteiger partial charge in [0.05, 0.1) is 0 Å². The number of hydrogen-bond donors (Lipinski definition) is 1. The summed E-state index contributed by atoms with van der Waals surface area (Å²) in [5.74, 6) is 0.875. The molecule has 0 aliphatic carbocycles. The number of nitrogens with zero attached hydrogens (tertiary/aromatic N) is 1. The average molecular weight is 288 g/mol. The highest BCUT2D eigenvalue weighted by atomic mass is 15.2. The summed E-state index contributed by atoms with van der Waals surface area (Å²) in [6.45, 7) is 10.6. The van der Waals surface area contributed by atoms with Crippen LogP contribution in [0.25, 0.3) is 0 Å². The first-order chi connectivity index (χ1) is 10.1. The minimum atomic E-state index is 0.409. The zero-order valence-electron chi connectivity index (χ0n) is 14.4. The number of piperidine rings is 1. The minimum absolute atomic E-state index is 0.409. The second kappa shape index (κ2) is 7.42. The Labute approximate surface area is 130 Å². The van der Waals surface area contributed by atoms with E-state index < -0.39 is 0 Å². The maximum absolute atomic E-state index is 3.54. The van der Waals surface area contributed by atoms with Gasteiger partial charge in [-0.15, -0.1) is 0 Å². The van der Waals surface area contributed by atoms with Crippen molar-refractivity contribution >= 4 is 0 Å². The van der Waals surface area contributed by atoms with Gasteiger partial charge >= 0.3 is 0 Å². The molecule has 2 heteroatoms. The Bertz CT molecular complexity index is 426. The fourth-order valence-electron chi connectivity index (χ4n) is 3.87. The molecular weight excluding hydrogens is 256 g/mol. The molecule has 1 fully saturated rings. The highest BCUT2D eigenvalue weighted by molar-refractivity contribution is 5.26. The van der Waals surface area contributed by atoms with Crippen molar-refractivity contribution in [3.05, 3.63) is 35.4 Å². The Hall–Kier alpha value is -0.860. The van der Waals surface area contributed by atoms with Crippen molar-refractivity contribution in [2.45, 2.75) is 65.1 Å². The van der Waals surface area contributed by atoms with Crippen molar-refractivity contribution in [1.82, 2.24) is 10.2 Å². The highest BCUT2D eigenvalue weighted by Gasteiger charge is 2.30. The van der Waals surface area contributed by atoms with Crippen LogP contribution in [0.2, 0.25) is 0 Å². The smallest absolute Gasteiger partial charge is 0.0473 e. The van der Waals surface area contributed by atoms with Gasteiger partial charge in [0.25, 0.3) is 0 Å².